The Kier molecular flexibility index (Phi) is 4.23. The summed E-state index contributed by atoms with van der Waals surface area (Å²) in [5, 5.41) is 10.8. The zero-order valence-electron chi connectivity index (χ0n) is 12.6. The summed E-state index contributed by atoms with van der Waals surface area (Å²) in [6.07, 6.45) is 1.43. The molecule has 0 saturated heterocycles. The molecule has 0 fully saturated rings. The molecule has 0 bridgehead atoms. The molecule has 0 N–H and O–H groups in total. The van der Waals surface area contributed by atoms with Gasteiger partial charge in [0.05, 0.1) is 11.0 Å². The van der Waals surface area contributed by atoms with Crippen molar-refractivity contribution >= 4 is 11.9 Å². The number of nitro groups is 1. The normalized spacial score (nSPS) is 17.9. The number of benzene rings is 2. The standard InChI is InChI=1S/C17H16N2O4/c1-12(17-11-22-15-7-2-3-8-16(15)23-17)18-10-13-5-4-6-14(9-13)19(20)21/h2-10,12,17H,11H2,1H3/t12-,17-/m0/s1. The summed E-state index contributed by atoms with van der Waals surface area (Å²) in [5.41, 5.74) is 0.732. The van der Waals surface area contributed by atoms with E-state index in [1.165, 1.54) is 12.1 Å². The minimum atomic E-state index is -0.421. The van der Waals surface area contributed by atoms with E-state index in [2.05, 4.69) is 4.99 Å². The lowest BCUT2D eigenvalue weighted by Gasteiger charge is -2.28. The van der Waals surface area contributed by atoms with Crippen molar-refractivity contribution in [1.29, 1.82) is 0 Å². The van der Waals surface area contributed by atoms with E-state index < -0.39 is 4.92 Å². The summed E-state index contributed by atoms with van der Waals surface area (Å²) in [4.78, 5) is 14.8. The molecule has 1 heterocycles. The van der Waals surface area contributed by atoms with Crippen molar-refractivity contribution in [2.75, 3.05) is 6.61 Å². The number of non-ortho nitro benzene ring substituents is 1. The molecule has 118 valence electrons. The minimum Gasteiger partial charge on any atom is -0.486 e. The molecule has 23 heavy (non-hydrogen) atoms. The summed E-state index contributed by atoms with van der Waals surface area (Å²) >= 11 is 0. The van der Waals surface area contributed by atoms with Gasteiger partial charge in [-0.25, -0.2) is 0 Å². The third-order valence-electron chi connectivity index (χ3n) is 3.61. The number of fused-ring (bicyclic) bond motifs is 1. The van der Waals surface area contributed by atoms with Crippen LogP contribution in [0.4, 0.5) is 5.69 Å². The highest BCUT2D eigenvalue weighted by Crippen LogP contribution is 2.31. The molecular formula is C17H16N2O4. The largest absolute Gasteiger partial charge is 0.486 e. The lowest BCUT2D eigenvalue weighted by molar-refractivity contribution is -0.384. The molecule has 2 aromatic carbocycles. The average molecular weight is 312 g/mol. The van der Waals surface area contributed by atoms with Crippen LogP contribution in [0.25, 0.3) is 0 Å². The molecule has 6 nitrogen and oxygen atoms in total. The van der Waals surface area contributed by atoms with Crippen molar-refractivity contribution in [3.05, 3.63) is 64.2 Å². The highest BCUT2D eigenvalue weighted by Gasteiger charge is 2.25. The fourth-order valence-corrected chi connectivity index (χ4v) is 2.29. The third kappa shape index (κ3) is 3.48. The van der Waals surface area contributed by atoms with Crippen LogP contribution in [0.5, 0.6) is 11.5 Å². The molecule has 1 aliphatic heterocycles. The summed E-state index contributed by atoms with van der Waals surface area (Å²) < 4.78 is 11.6. The van der Waals surface area contributed by atoms with Crippen LogP contribution < -0.4 is 9.47 Å². The maximum Gasteiger partial charge on any atom is 0.270 e. The third-order valence-corrected chi connectivity index (χ3v) is 3.61. The molecule has 3 rings (SSSR count). The van der Waals surface area contributed by atoms with Crippen LogP contribution in [0.2, 0.25) is 0 Å². The van der Waals surface area contributed by atoms with Gasteiger partial charge in [0.2, 0.25) is 0 Å². The lowest BCUT2D eigenvalue weighted by atomic mass is 10.1. The van der Waals surface area contributed by atoms with Crippen molar-refractivity contribution < 1.29 is 14.4 Å². The zero-order chi connectivity index (χ0) is 16.2. The van der Waals surface area contributed by atoms with E-state index >= 15 is 0 Å². The Morgan fingerprint density at radius 1 is 1.26 bits per heavy atom. The number of rotatable bonds is 4. The van der Waals surface area contributed by atoms with Crippen molar-refractivity contribution in [1.82, 2.24) is 0 Å². The second-order valence-corrected chi connectivity index (χ2v) is 5.28. The van der Waals surface area contributed by atoms with E-state index in [1.807, 2.05) is 31.2 Å². The second-order valence-electron chi connectivity index (χ2n) is 5.28. The van der Waals surface area contributed by atoms with Gasteiger partial charge >= 0.3 is 0 Å². The van der Waals surface area contributed by atoms with E-state index in [0.29, 0.717) is 17.9 Å². The summed E-state index contributed by atoms with van der Waals surface area (Å²) in [5.74, 6) is 1.44. The Morgan fingerprint density at radius 3 is 2.83 bits per heavy atom. The van der Waals surface area contributed by atoms with Crippen molar-refractivity contribution in [3.63, 3.8) is 0 Å². The summed E-state index contributed by atoms with van der Waals surface area (Å²) in [7, 11) is 0. The average Bonchev–Trinajstić information content (AvgIpc) is 2.59. The monoisotopic (exact) mass is 312 g/mol. The molecule has 6 heteroatoms. The molecule has 0 aliphatic carbocycles. The first-order valence-corrected chi connectivity index (χ1v) is 7.29. The Morgan fingerprint density at radius 2 is 2.04 bits per heavy atom. The zero-order valence-corrected chi connectivity index (χ0v) is 12.6. The first kappa shape index (κ1) is 15.0. The first-order valence-electron chi connectivity index (χ1n) is 7.29. The molecule has 2 aromatic rings. The predicted octanol–water partition coefficient (Wildman–Crippen LogP) is 3.24. The quantitative estimate of drug-likeness (QED) is 0.493. The number of nitro benzene ring substituents is 1. The number of aliphatic imine (C=N–C) groups is 1. The fourth-order valence-electron chi connectivity index (χ4n) is 2.29. The molecule has 2 atom stereocenters. The topological polar surface area (TPSA) is 74.0 Å². The summed E-state index contributed by atoms with van der Waals surface area (Å²) in [6, 6.07) is 13.7. The first-order chi connectivity index (χ1) is 11.1. The SMILES string of the molecule is C[C@H](N=Cc1cccc([N+](=O)[O-])c1)[C@@H]1COc2ccccc2O1. The van der Waals surface area contributed by atoms with Crippen LogP contribution in [0.15, 0.2) is 53.5 Å². The van der Waals surface area contributed by atoms with E-state index in [1.54, 1.807) is 18.3 Å². The fraction of sp³-hybridized carbons (Fsp3) is 0.235. The van der Waals surface area contributed by atoms with Gasteiger partial charge in [-0.1, -0.05) is 24.3 Å². The maximum atomic E-state index is 10.8. The van der Waals surface area contributed by atoms with Crippen LogP contribution >= 0.6 is 0 Å². The van der Waals surface area contributed by atoms with E-state index in [-0.39, 0.29) is 17.8 Å². The number of para-hydroxylation sites is 2. The van der Waals surface area contributed by atoms with Gasteiger partial charge in [0.15, 0.2) is 17.6 Å². The minimum absolute atomic E-state index is 0.0489. The molecule has 0 radical (unpaired) electrons. The highest BCUT2D eigenvalue weighted by molar-refractivity contribution is 5.80. The van der Waals surface area contributed by atoms with Gasteiger partial charge in [0, 0.05) is 18.3 Å². The second kappa shape index (κ2) is 6.48. The van der Waals surface area contributed by atoms with E-state index in [9.17, 15) is 10.1 Å². The Hall–Kier alpha value is -2.89. The molecule has 0 unspecified atom stereocenters. The number of hydrogen-bond acceptors (Lipinski definition) is 5. The molecule has 0 amide bonds. The number of ether oxygens (including phenoxy) is 2. The van der Waals surface area contributed by atoms with Gasteiger partial charge in [-0.2, -0.15) is 0 Å². The highest BCUT2D eigenvalue weighted by atomic mass is 16.6. The Bertz CT molecular complexity index is 745. The van der Waals surface area contributed by atoms with E-state index in [0.717, 1.165) is 5.75 Å². The molecular weight excluding hydrogens is 296 g/mol. The molecule has 1 aliphatic rings. The lowest BCUT2D eigenvalue weighted by Crippen LogP contribution is -2.37. The van der Waals surface area contributed by atoms with Crippen molar-refractivity contribution in [3.8, 4) is 11.5 Å². The number of hydrogen-bond donors (Lipinski definition) is 0. The molecule has 0 saturated carbocycles. The Labute approximate surface area is 133 Å². The predicted molar refractivity (Wildman–Crippen MR) is 86.5 cm³/mol. The van der Waals surface area contributed by atoms with Gasteiger partial charge in [-0.3, -0.25) is 15.1 Å². The van der Waals surface area contributed by atoms with E-state index in [4.69, 9.17) is 9.47 Å². The van der Waals surface area contributed by atoms with Gasteiger partial charge in [0.25, 0.3) is 5.69 Å². The van der Waals surface area contributed by atoms with Crippen LogP contribution in [0, 0.1) is 10.1 Å². The van der Waals surface area contributed by atoms with Crippen molar-refractivity contribution in [2.45, 2.75) is 19.1 Å². The summed E-state index contributed by atoms with van der Waals surface area (Å²) in [6.45, 7) is 2.35. The van der Waals surface area contributed by atoms with Gasteiger partial charge in [-0.05, 0) is 24.6 Å². The Balaban J connectivity index is 1.69. The van der Waals surface area contributed by atoms with Gasteiger partial charge < -0.3 is 9.47 Å². The number of nitrogens with zero attached hydrogens (tertiary/aromatic N) is 2. The van der Waals surface area contributed by atoms with Crippen molar-refractivity contribution in [2.24, 2.45) is 4.99 Å². The molecule has 0 aromatic heterocycles. The maximum absolute atomic E-state index is 10.8. The van der Waals surface area contributed by atoms with Gasteiger partial charge in [0.1, 0.15) is 6.61 Å². The van der Waals surface area contributed by atoms with Crippen LogP contribution in [0.3, 0.4) is 0 Å². The van der Waals surface area contributed by atoms with Crippen LogP contribution in [0.1, 0.15) is 12.5 Å². The smallest absolute Gasteiger partial charge is 0.270 e. The molecule has 0 spiro atoms. The van der Waals surface area contributed by atoms with Crippen LogP contribution in [-0.2, 0) is 0 Å². The van der Waals surface area contributed by atoms with Gasteiger partial charge in [-0.15, -0.1) is 0 Å². The van der Waals surface area contributed by atoms with Crippen LogP contribution in [-0.4, -0.2) is 29.9 Å².